The van der Waals surface area contributed by atoms with Crippen molar-refractivity contribution in [2.75, 3.05) is 19.6 Å². The molecule has 1 amide bonds. The molecule has 2 rings (SSSR count). The summed E-state index contributed by atoms with van der Waals surface area (Å²) in [4.78, 5) is 12.1. The standard InChI is InChI=1S/C13H22N4O/c1-13(6-3-7-14-10-13)12(18)15-8-4-11-5-9-17(2)16-11/h5,9,14H,3-4,6-8,10H2,1-2H3,(H,15,18). The molecule has 1 fully saturated rings. The topological polar surface area (TPSA) is 59.0 Å². The molecule has 2 N–H and O–H groups in total. The number of piperidine rings is 1. The second-order valence-electron chi connectivity index (χ2n) is 5.33. The number of aromatic nitrogens is 2. The maximum Gasteiger partial charge on any atom is 0.227 e. The van der Waals surface area contributed by atoms with E-state index in [2.05, 4.69) is 15.7 Å². The van der Waals surface area contributed by atoms with Crippen molar-refractivity contribution in [2.24, 2.45) is 12.5 Å². The third-order valence-corrected chi connectivity index (χ3v) is 3.58. The first-order valence-electron chi connectivity index (χ1n) is 6.58. The molecular weight excluding hydrogens is 228 g/mol. The summed E-state index contributed by atoms with van der Waals surface area (Å²) in [5.41, 5.74) is 0.771. The third kappa shape index (κ3) is 3.10. The fraction of sp³-hybridized carbons (Fsp3) is 0.692. The fourth-order valence-electron chi connectivity index (χ4n) is 2.36. The molecular formula is C13H22N4O. The zero-order valence-corrected chi connectivity index (χ0v) is 11.2. The number of aryl methyl sites for hydroxylation is 1. The van der Waals surface area contributed by atoms with E-state index in [9.17, 15) is 4.79 Å². The molecule has 0 aromatic carbocycles. The minimum atomic E-state index is -0.248. The molecule has 1 atom stereocenters. The summed E-state index contributed by atoms with van der Waals surface area (Å²) in [5, 5.41) is 10.6. The van der Waals surface area contributed by atoms with E-state index in [1.807, 2.05) is 26.2 Å². The van der Waals surface area contributed by atoms with Crippen LogP contribution in [0.25, 0.3) is 0 Å². The molecule has 1 unspecified atom stereocenters. The van der Waals surface area contributed by atoms with Gasteiger partial charge in [-0.3, -0.25) is 9.48 Å². The molecule has 1 aliphatic rings. The quantitative estimate of drug-likeness (QED) is 0.816. The minimum absolute atomic E-state index is 0.158. The fourth-order valence-corrected chi connectivity index (χ4v) is 2.36. The van der Waals surface area contributed by atoms with Crippen molar-refractivity contribution in [1.82, 2.24) is 20.4 Å². The first-order chi connectivity index (χ1) is 8.60. The van der Waals surface area contributed by atoms with E-state index in [4.69, 9.17) is 0 Å². The van der Waals surface area contributed by atoms with Crippen LogP contribution in [0.5, 0.6) is 0 Å². The van der Waals surface area contributed by atoms with Gasteiger partial charge in [-0.1, -0.05) is 0 Å². The summed E-state index contributed by atoms with van der Waals surface area (Å²) in [6, 6.07) is 1.98. The molecule has 1 aromatic heterocycles. The van der Waals surface area contributed by atoms with Gasteiger partial charge in [0.2, 0.25) is 5.91 Å². The lowest BCUT2D eigenvalue weighted by atomic mass is 9.82. The first-order valence-corrected chi connectivity index (χ1v) is 6.58. The zero-order chi connectivity index (χ0) is 13.0. The van der Waals surface area contributed by atoms with Crippen LogP contribution in [0, 0.1) is 5.41 Å². The summed E-state index contributed by atoms with van der Waals surface area (Å²) in [7, 11) is 1.90. The second-order valence-corrected chi connectivity index (χ2v) is 5.33. The Morgan fingerprint density at radius 3 is 3.11 bits per heavy atom. The highest BCUT2D eigenvalue weighted by molar-refractivity contribution is 5.82. The van der Waals surface area contributed by atoms with Gasteiger partial charge in [0.1, 0.15) is 0 Å². The SMILES string of the molecule is Cn1ccc(CCNC(=O)C2(C)CCCNC2)n1. The van der Waals surface area contributed by atoms with Crippen molar-refractivity contribution in [1.29, 1.82) is 0 Å². The van der Waals surface area contributed by atoms with E-state index in [1.54, 1.807) is 4.68 Å². The highest BCUT2D eigenvalue weighted by atomic mass is 16.2. The van der Waals surface area contributed by atoms with Gasteiger partial charge in [-0.2, -0.15) is 5.10 Å². The van der Waals surface area contributed by atoms with E-state index < -0.39 is 0 Å². The van der Waals surface area contributed by atoms with Gasteiger partial charge in [0.05, 0.1) is 11.1 Å². The van der Waals surface area contributed by atoms with Crippen LogP contribution in [-0.4, -0.2) is 35.3 Å². The highest BCUT2D eigenvalue weighted by Gasteiger charge is 2.34. The Morgan fingerprint density at radius 2 is 2.50 bits per heavy atom. The second kappa shape index (κ2) is 5.52. The molecule has 5 heteroatoms. The van der Waals surface area contributed by atoms with Gasteiger partial charge in [0, 0.05) is 32.8 Å². The maximum atomic E-state index is 12.1. The Labute approximate surface area is 108 Å². The Morgan fingerprint density at radius 1 is 1.67 bits per heavy atom. The summed E-state index contributed by atoms with van der Waals surface area (Å²) in [6.07, 6.45) is 4.75. The van der Waals surface area contributed by atoms with Crippen LogP contribution in [-0.2, 0) is 18.3 Å². The molecule has 1 aliphatic heterocycles. The molecule has 0 aliphatic carbocycles. The molecule has 0 bridgehead atoms. The summed E-state index contributed by atoms with van der Waals surface area (Å²) < 4.78 is 1.78. The van der Waals surface area contributed by atoms with E-state index >= 15 is 0 Å². The Bertz CT molecular complexity index is 407. The molecule has 2 heterocycles. The number of rotatable bonds is 4. The van der Waals surface area contributed by atoms with Gasteiger partial charge in [-0.25, -0.2) is 0 Å². The van der Waals surface area contributed by atoms with Gasteiger partial charge in [-0.15, -0.1) is 0 Å². The normalized spacial score (nSPS) is 23.9. The van der Waals surface area contributed by atoms with E-state index in [0.29, 0.717) is 6.54 Å². The lowest BCUT2D eigenvalue weighted by Gasteiger charge is -2.32. The summed E-state index contributed by atoms with van der Waals surface area (Å²) >= 11 is 0. The maximum absolute atomic E-state index is 12.1. The number of amides is 1. The lowest BCUT2D eigenvalue weighted by molar-refractivity contribution is -0.131. The molecule has 0 saturated carbocycles. The van der Waals surface area contributed by atoms with Crippen LogP contribution >= 0.6 is 0 Å². The average molecular weight is 250 g/mol. The number of carbonyl (C=O) groups excluding carboxylic acids is 1. The van der Waals surface area contributed by atoms with Crippen LogP contribution in [0.2, 0.25) is 0 Å². The first kappa shape index (κ1) is 13.1. The Kier molecular flexibility index (Phi) is 4.01. The van der Waals surface area contributed by atoms with Crippen molar-refractivity contribution >= 4 is 5.91 Å². The van der Waals surface area contributed by atoms with Crippen LogP contribution in [0.1, 0.15) is 25.5 Å². The molecule has 5 nitrogen and oxygen atoms in total. The number of hydrogen-bond donors (Lipinski definition) is 2. The Hall–Kier alpha value is -1.36. The van der Waals surface area contributed by atoms with Gasteiger partial charge in [0.15, 0.2) is 0 Å². The summed E-state index contributed by atoms with van der Waals surface area (Å²) in [6.45, 7) is 4.50. The smallest absolute Gasteiger partial charge is 0.227 e. The molecule has 1 saturated heterocycles. The largest absolute Gasteiger partial charge is 0.355 e. The molecule has 18 heavy (non-hydrogen) atoms. The van der Waals surface area contributed by atoms with Gasteiger partial charge in [0.25, 0.3) is 0 Å². The highest BCUT2D eigenvalue weighted by Crippen LogP contribution is 2.25. The van der Waals surface area contributed by atoms with Gasteiger partial charge < -0.3 is 10.6 Å². The Balaban J connectivity index is 1.77. The lowest BCUT2D eigenvalue weighted by Crippen LogP contribution is -2.49. The molecule has 0 radical (unpaired) electrons. The average Bonchev–Trinajstić information content (AvgIpc) is 2.76. The number of nitrogens with one attached hydrogen (secondary N) is 2. The van der Waals surface area contributed by atoms with Crippen molar-refractivity contribution in [3.63, 3.8) is 0 Å². The monoisotopic (exact) mass is 250 g/mol. The van der Waals surface area contributed by atoms with E-state index in [-0.39, 0.29) is 11.3 Å². The number of hydrogen-bond acceptors (Lipinski definition) is 3. The van der Waals surface area contributed by atoms with Gasteiger partial charge in [-0.05, 0) is 32.4 Å². The van der Waals surface area contributed by atoms with E-state index in [1.165, 1.54) is 0 Å². The number of nitrogens with zero attached hydrogens (tertiary/aromatic N) is 2. The minimum Gasteiger partial charge on any atom is -0.355 e. The van der Waals surface area contributed by atoms with Crippen LogP contribution < -0.4 is 10.6 Å². The zero-order valence-electron chi connectivity index (χ0n) is 11.2. The van der Waals surface area contributed by atoms with Crippen molar-refractivity contribution < 1.29 is 4.79 Å². The van der Waals surface area contributed by atoms with Crippen molar-refractivity contribution in [3.05, 3.63) is 18.0 Å². The van der Waals surface area contributed by atoms with Crippen LogP contribution in [0.4, 0.5) is 0 Å². The molecule has 0 spiro atoms. The number of carbonyl (C=O) groups is 1. The van der Waals surface area contributed by atoms with E-state index in [0.717, 1.165) is 38.0 Å². The van der Waals surface area contributed by atoms with Crippen LogP contribution in [0.15, 0.2) is 12.3 Å². The molecule has 1 aromatic rings. The molecule has 100 valence electrons. The summed E-state index contributed by atoms with van der Waals surface area (Å²) in [5.74, 6) is 0.158. The van der Waals surface area contributed by atoms with Crippen molar-refractivity contribution in [2.45, 2.75) is 26.2 Å². The van der Waals surface area contributed by atoms with Crippen LogP contribution in [0.3, 0.4) is 0 Å². The van der Waals surface area contributed by atoms with Gasteiger partial charge >= 0.3 is 0 Å². The predicted molar refractivity (Wildman–Crippen MR) is 70.1 cm³/mol. The van der Waals surface area contributed by atoms with Crippen molar-refractivity contribution in [3.8, 4) is 0 Å². The third-order valence-electron chi connectivity index (χ3n) is 3.58. The predicted octanol–water partition coefficient (Wildman–Crippen LogP) is 0.469.